The number of thiazole rings is 1. The fourth-order valence-corrected chi connectivity index (χ4v) is 4.12. The second kappa shape index (κ2) is 7.33. The Morgan fingerprint density at radius 2 is 2.15 bits per heavy atom. The molecule has 2 aromatic heterocycles. The maximum Gasteiger partial charge on any atom is 0.321 e. The molecule has 0 spiro atoms. The number of methoxy groups -OCH3 is 1. The average molecular weight is 371 g/mol. The number of nitrogens with one attached hydrogen (secondary N) is 2. The fourth-order valence-electron chi connectivity index (χ4n) is 3.29. The Morgan fingerprint density at radius 3 is 2.96 bits per heavy atom. The Bertz CT molecular complexity index is 913. The van der Waals surface area contributed by atoms with E-state index in [-0.39, 0.29) is 12.1 Å². The predicted octanol–water partition coefficient (Wildman–Crippen LogP) is 3.92. The molecule has 2 amide bonds. The molecule has 3 aromatic rings. The van der Waals surface area contributed by atoms with Gasteiger partial charge in [-0.05, 0) is 25.0 Å². The van der Waals surface area contributed by atoms with Gasteiger partial charge in [-0.15, -0.1) is 16.4 Å². The van der Waals surface area contributed by atoms with Crippen molar-refractivity contribution >= 4 is 28.3 Å². The van der Waals surface area contributed by atoms with Crippen molar-refractivity contribution in [3.63, 3.8) is 0 Å². The van der Waals surface area contributed by atoms with Gasteiger partial charge in [-0.1, -0.05) is 31.4 Å². The number of carbonyl (C=O) groups excluding carboxylic acids is 1. The van der Waals surface area contributed by atoms with Crippen molar-refractivity contribution in [2.45, 2.75) is 38.1 Å². The molecule has 1 saturated carbocycles. The number of amides is 2. The zero-order chi connectivity index (χ0) is 17.9. The monoisotopic (exact) mass is 371 g/mol. The fraction of sp³-hybridized carbons (Fsp3) is 0.389. The van der Waals surface area contributed by atoms with Crippen LogP contribution in [0.4, 0.5) is 10.7 Å². The molecule has 0 saturated heterocycles. The molecule has 2 heterocycles. The minimum Gasteiger partial charge on any atom is -0.497 e. The van der Waals surface area contributed by atoms with Crippen LogP contribution in [0.2, 0.25) is 0 Å². The summed E-state index contributed by atoms with van der Waals surface area (Å²) >= 11 is 1.48. The van der Waals surface area contributed by atoms with Crippen molar-refractivity contribution < 1.29 is 9.53 Å². The van der Waals surface area contributed by atoms with E-state index in [1.807, 2.05) is 29.6 Å². The molecule has 1 aliphatic rings. The van der Waals surface area contributed by atoms with E-state index < -0.39 is 0 Å². The second-order valence-corrected chi connectivity index (χ2v) is 7.25. The van der Waals surface area contributed by atoms with Gasteiger partial charge in [-0.2, -0.15) is 4.98 Å². The van der Waals surface area contributed by atoms with E-state index in [9.17, 15) is 4.79 Å². The molecule has 0 atom stereocenters. The average Bonchev–Trinajstić information content (AvgIpc) is 3.22. The second-order valence-electron chi connectivity index (χ2n) is 6.42. The zero-order valence-corrected chi connectivity index (χ0v) is 15.4. The lowest BCUT2D eigenvalue weighted by atomic mass is 9.96. The third-order valence-electron chi connectivity index (χ3n) is 4.61. The van der Waals surface area contributed by atoms with Crippen molar-refractivity contribution in [2.75, 3.05) is 12.4 Å². The van der Waals surface area contributed by atoms with Crippen LogP contribution in [0.3, 0.4) is 0 Å². The van der Waals surface area contributed by atoms with Crippen molar-refractivity contribution in [3.05, 3.63) is 29.6 Å². The lowest BCUT2D eigenvalue weighted by Crippen LogP contribution is -2.39. The Hall–Kier alpha value is -2.61. The molecule has 0 bridgehead atoms. The van der Waals surface area contributed by atoms with E-state index in [2.05, 4.69) is 20.7 Å². The molecule has 1 aromatic carbocycles. The Morgan fingerprint density at radius 1 is 1.31 bits per heavy atom. The van der Waals surface area contributed by atoms with Gasteiger partial charge in [-0.25, -0.2) is 9.31 Å². The highest BCUT2D eigenvalue weighted by Crippen LogP contribution is 2.28. The van der Waals surface area contributed by atoms with Crippen molar-refractivity contribution in [2.24, 2.45) is 0 Å². The zero-order valence-electron chi connectivity index (χ0n) is 14.6. The van der Waals surface area contributed by atoms with E-state index in [1.54, 1.807) is 11.6 Å². The summed E-state index contributed by atoms with van der Waals surface area (Å²) in [7, 11) is 1.64. The number of rotatable bonds is 4. The SMILES string of the molecule is COc1cccc(-c2csc3nc(NC(=O)NC4CCCCC4)nn23)c1. The summed E-state index contributed by atoms with van der Waals surface area (Å²) in [5.41, 5.74) is 1.90. The number of hydrogen-bond donors (Lipinski definition) is 2. The summed E-state index contributed by atoms with van der Waals surface area (Å²) in [6.07, 6.45) is 5.69. The van der Waals surface area contributed by atoms with Crippen molar-refractivity contribution in [3.8, 4) is 17.0 Å². The number of benzene rings is 1. The lowest BCUT2D eigenvalue weighted by Gasteiger charge is -2.22. The Balaban J connectivity index is 1.51. The predicted molar refractivity (Wildman–Crippen MR) is 102 cm³/mol. The molecule has 1 aliphatic carbocycles. The number of aromatic nitrogens is 3. The summed E-state index contributed by atoms with van der Waals surface area (Å²) < 4.78 is 7.03. The number of nitrogens with zero attached hydrogens (tertiary/aromatic N) is 3. The highest BCUT2D eigenvalue weighted by molar-refractivity contribution is 7.15. The number of carbonyl (C=O) groups is 1. The van der Waals surface area contributed by atoms with Crippen LogP contribution in [0.5, 0.6) is 5.75 Å². The van der Waals surface area contributed by atoms with Crippen LogP contribution in [-0.4, -0.2) is 33.8 Å². The van der Waals surface area contributed by atoms with Crippen LogP contribution < -0.4 is 15.4 Å². The van der Waals surface area contributed by atoms with Gasteiger partial charge in [0.1, 0.15) is 5.75 Å². The van der Waals surface area contributed by atoms with Gasteiger partial charge in [0.15, 0.2) is 0 Å². The summed E-state index contributed by atoms with van der Waals surface area (Å²) in [6.45, 7) is 0. The summed E-state index contributed by atoms with van der Waals surface area (Å²) in [5.74, 6) is 1.10. The third-order valence-corrected chi connectivity index (χ3v) is 5.43. The van der Waals surface area contributed by atoms with E-state index in [0.717, 1.165) is 34.8 Å². The normalized spacial score (nSPS) is 15.1. The first-order valence-corrected chi connectivity index (χ1v) is 9.67. The van der Waals surface area contributed by atoms with Crippen LogP contribution in [0.15, 0.2) is 29.6 Å². The number of hydrogen-bond acceptors (Lipinski definition) is 5. The first-order chi connectivity index (χ1) is 12.7. The highest BCUT2D eigenvalue weighted by Gasteiger charge is 2.18. The van der Waals surface area contributed by atoms with E-state index >= 15 is 0 Å². The van der Waals surface area contributed by atoms with Crippen LogP contribution in [-0.2, 0) is 0 Å². The van der Waals surface area contributed by atoms with Crippen molar-refractivity contribution in [1.82, 2.24) is 19.9 Å². The molecule has 7 nitrogen and oxygen atoms in total. The molecule has 26 heavy (non-hydrogen) atoms. The van der Waals surface area contributed by atoms with Gasteiger partial charge >= 0.3 is 6.03 Å². The quantitative estimate of drug-likeness (QED) is 0.728. The Labute approximate surface area is 155 Å². The smallest absolute Gasteiger partial charge is 0.321 e. The standard InChI is InChI=1S/C18H21N5O2S/c1-25-14-9-5-6-12(10-14)15-11-26-18-21-16(22-23(15)18)20-17(24)19-13-7-3-2-4-8-13/h5-6,9-11,13H,2-4,7-8H2,1H3,(H2,19,20,22,24). The van der Waals surface area contributed by atoms with Gasteiger partial charge in [0, 0.05) is 17.0 Å². The number of fused-ring (bicyclic) bond motifs is 1. The van der Waals surface area contributed by atoms with Gasteiger partial charge in [0.2, 0.25) is 4.96 Å². The van der Waals surface area contributed by atoms with Crippen LogP contribution in [0, 0.1) is 0 Å². The maximum atomic E-state index is 12.2. The Kier molecular flexibility index (Phi) is 4.75. The molecule has 0 aliphatic heterocycles. The van der Waals surface area contributed by atoms with Gasteiger partial charge in [0.25, 0.3) is 5.95 Å². The third kappa shape index (κ3) is 3.50. The molecule has 136 valence electrons. The van der Waals surface area contributed by atoms with Crippen LogP contribution >= 0.6 is 11.3 Å². The minimum absolute atomic E-state index is 0.238. The number of urea groups is 1. The maximum absolute atomic E-state index is 12.2. The topological polar surface area (TPSA) is 80.5 Å². The van der Waals surface area contributed by atoms with Gasteiger partial charge < -0.3 is 10.1 Å². The number of anilines is 1. The summed E-state index contributed by atoms with van der Waals surface area (Å²) in [6, 6.07) is 7.79. The molecular weight excluding hydrogens is 350 g/mol. The molecule has 1 fully saturated rings. The molecular formula is C18H21N5O2S. The van der Waals surface area contributed by atoms with E-state index in [4.69, 9.17) is 4.74 Å². The number of ether oxygens (including phenoxy) is 1. The van der Waals surface area contributed by atoms with Gasteiger partial charge in [0.05, 0.1) is 12.8 Å². The van der Waals surface area contributed by atoms with Crippen LogP contribution in [0.25, 0.3) is 16.2 Å². The molecule has 0 unspecified atom stereocenters. The van der Waals surface area contributed by atoms with Crippen molar-refractivity contribution in [1.29, 1.82) is 0 Å². The van der Waals surface area contributed by atoms with Crippen LogP contribution in [0.1, 0.15) is 32.1 Å². The first kappa shape index (κ1) is 16.8. The van der Waals surface area contributed by atoms with E-state index in [1.165, 1.54) is 30.6 Å². The van der Waals surface area contributed by atoms with Gasteiger partial charge in [-0.3, -0.25) is 5.32 Å². The summed E-state index contributed by atoms with van der Waals surface area (Å²) in [4.78, 5) is 17.3. The first-order valence-electron chi connectivity index (χ1n) is 8.79. The molecule has 2 N–H and O–H groups in total. The largest absolute Gasteiger partial charge is 0.497 e. The molecule has 4 rings (SSSR count). The molecule has 8 heteroatoms. The highest BCUT2D eigenvalue weighted by atomic mass is 32.1. The molecule has 0 radical (unpaired) electrons. The lowest BCUT2D eigenvalue weighted by molar-refractivity contribution is 0.244. The minimum atomic E-state index is -0.238. The summed E-state index contributed by atoms with van der Waals surface area (Å²) in [5, 5.41) is 12.2. The van der Waals surface area contributed by atoms with E-state index in [0.29, 0.717) is 5.95 Å².